The highest BCUT2D eigenvalue weighted by Crippen LogP contribution is 2.39. The van der Waals surface area contributed by atoms with Crippen molar-refractivity contribution >= 4 is 10.8 Å². The molecule has 0 bridgehead atoms. The third-order valence-electron chi connectivity index (χ3n) is 4.81. The summed E-state index contributed by atoms with van der Waals surface area (Å²) in [5, 5.41) is 2.95. The van der Waals surface area contributed by atoms with Crippen LogP contribution in [0.1, 0.15) is 69.9 Å². The average Bonchev–Trinajstić information content (AvgIpc) is 2.46. The first-order chi connectivity index (χ1) is 9.57. The maximum absolute atomic E-state index is 2.42. The second kappa shape index (κ2) is 5.24. The summed E-state index contributed by atoms with van der Waals surface area (Å²) in [6, 6.07) is 13.8. The highest BCUT2D eigenvalue weighted by molar-refractivity contribution is 5.90. The molecule has 0 nitrogen and oxygen atoms in total. The molecule has 20 heavy (non-hydrogen) atoms. The molecule has 0 aliphatic heterocycles. The average molecular weight is 266 g/mol. The van der Waals surface area contributed by atoms with E-state index >= 15 is 0 Å². The number of hydrogen-bond acceptors (Lipinski definition) is 0. The van der Waals surface area contributed by atoms with E-state index in [0.29, 0.717) is 0 Å². The largest absolute Gasteiger partial charge is 0.0616 e. The van der Waals surface area contributed by atoms with Gasteiger partial charge in [-0.2, -0.15) is 0 Å². The SMILES string of the molecule is CC(C)(C)c1ccc(C2CCCCC2)c2ccccc12. The fourth-order valence-electron chi connectivity index (χ4n) is 3.75. The molecule has 1 fully saturated rings. The first-order valence-electron chi connectivity index (χ1n) is 8.09. The van der Waals surface area contributed by atoms with Crippen molar-refractivity contribution in [1.82, 2.24) is 0 Å². The van der Waals surface area contributed by atoms with Gasteiger partial charge in [-0.1, -0.05) is 76.4 Å². The molecule has 0 radical (unpaired) electrons. The van der Waals surface area contributed by atoms with Gasteiger partial charge < -0.3 is 0 Å². The molecule has 0 N–H and O–H groups in total. The van der Waals surface area contributed by atoms with Crippen LogP contribution in [0.4, 0.5) is 0 Å². The first-order valence-corrected chi connectivity index (χ1v) is 8.09. The van der Waals surface area contributed by atoms with E-state index in [1.165, 1.54) is 48.4 Å². The Bertz CT molecular complexity index is 595. The van der Waals surface area contributed by atoms with Crippen molar-refractivity contribution in [3.8, 4) is 0 Å². The van der Waals surface area contributed by atoms with Gasteiger partial charge in [0.15, 0.2) is 0 Å². The van der Waals surface area contributed by atoms with Crippen molar-refractivity contribution in [2.45, 2.75) is 64.2 Å². The van der Waals surface area contributed by atoms with Gasteiger partial charge in [0.05, 0.1) is 0 Å². The highest BCUT2D eigenvalue weighted by Gasteiger charge is 2.21. The Morgan fingerprint density at radius 3 is 2.10 bits per heavy atom. The number of benzene rings is 2. The first kappa shape index (κ1) is 13.7. The second-order valence-electron chi connectivity index (χ2n) is 7.33. The van der Waals surface area contributed by atoms with Crippen LogP contribution in [0.2, 0.25) is 0 Å². The molecule has 0 spiro atoms. The molecule has 0 unspecified atom stereocenters. The fourth-order valence-corrected chi connectivity index (χ4v) is 3.75. The van der Waals surface area contributed by atoms with E-state index in [1.54, 1.807) is 5.56 Å². The molecular formula is C20H26. The van der Waals surface area contributed by atoms with Gasteiger partial charge in [0.2, 0.25) is 0 Å². The van der Waals surface area contributed by atoms with E-state index < -0.39 is 0 Å². The Balaban J connectivity index is 2.16. The summed E-state index contributed by atoms with van der Waals surface area (Å²) in [7, 11) is 0. The molecular weight excluding hydrogens is 240 g/mol. The van der Waals surface area contributed by atoms with Crippen LogP contribution < -0.4 is 0 Å². The van der Waals surface area contributed by atoms with Crippen molar-refractivity contribution in [1.29, 1.82) is 0 Å². The monoisotopic (exact) mass is 266 g/mol. The van der Waals surface area contributed by atoms with Crippen LogP contribution in [0.25, 0.3) is 10.8 Å². The summed E-state index contributed by atoms with van der Waals surface area (Å²) in [4.78, 5) is 0. The van der Waals surface area contributed by atoms with Gasteiger partial charge in [0.25, 0.3) is 0 Å². The van der Waals surface area contributed by atoms with E-state index in [-0.39, 0.29) is 5.41 Å². The van der Waals surface area contributed by atoms with E-state index in [2.05, 4.69) is 57.2 Å². The lowest BCUT2D eigenvalue weighted by molar-refractivity contribution is 0.445. The molecule has 2 aromatic rings. The van der Waals surface area contributed by atoms with Crippen LogP contribution in [0.5, 0.6) is 0 Å². The lowest BCUT2D eigenvalue weighted by Crippen LogP contribution is -2.13. The summed E-state index contributed by atoms with van der Waals surface area (Å²) < 4.78 is 0. The molecule has 0 aromatic heterocycles. The van der Waals surface area contributed by atoms with E-state index in [4.69, 9.17) is 0 Å². The minimum absolute atomic E-state index is 0.213. The normalized spacial score (nSPS) is 17.6. The molecule has 0 amide bonds. The lowest BCUT2D eigenvalue weighted by atomic mass is 9.78. The molecule has 0 heterocycles. The molecule has 0 heteroatoms. The fraction of sp³-hybridized carbons (Fsp3) is 0.500. The van der Waals surface area contributed by atoms with Crippen molar-refractivity contribution in [3.05, 3.63) is 47.5 Å². The Morgan fingerprint density at radius 1 is 0.800 bits per heavy atom. The van der Waals surface area contributed by atoms with E-state index in [1.807, 2.05) is 0 Å². The van der Waals surface area contributed by atoms with Crippen LogP contribution in [-0.4, -0.2) is 0 Å². The lowest BCUT2D eigenvalue weighted by Gasteiger charge is -2.27. The minimum Gasteiger partial charge on any atom is -0.0616 e. The van der Waals surface area contributed by atoms with Crippen LogP contribution in [-0.2, 0) is 5.41 Å². The summed E-state index contributed by atoms with van der Waals surface area (Å²) in [5.74, 6) is 0.780. The van der Waals surface area contributed by atoms with E-state index in [9.17, 15) is 0 Å². The van der Waals surface area contributed by atoms with Crippen LogP contribution in [0.15, 0.2) is 36.4 Å². The van der Waals surface area contributed by atoms with Crippen LogP contribution in [0, 0.1) is 0 Å². The Hall–Kier alpha value is -1.30. The molecule has 106 valence electrons. The van der Waals surface area contributed by atoms with Crippen LogP contribution in [0.3, 0.4) is 0 Å². The third kappa shape index (κ3) is 2.49. The maximum Gasteiger partial charge on any atom is -0.0126 e. The van der Waals surface area contributed by atoms with Gasteiger partial charge >= 0.3 is 0 Å². The molecule has 0 atom stereocenters. The topological polar surface area (TPSA) is 0 Å². The second-order valence-corrected chi connectivity index (χ2v) is 7.33. The zero-order valence-corrected chi connectivity index (χ0v) is 13.1. The van der Waals surface area contributed by atoms with Gasteiger partial charge in [-0.05, 0) is 46.1 Å². The predicted molar refractivity (Wildman–Crippen MR) is 88.5 cm³/mol. The van der Waals surface area contributed by atoms with Gasteiger partial charge in [0.1, 0.15) is 0 Å². The maximum atomic E-state index is 2.42. The third-order valence-corrected chi connectivity index (χ3v) is 4.81. The van der Waals surface area contributed by atoms with Gasteiger partial charge in [-0.3, -0.25) is 0 Å². The van der Waals surface area contributed by atoms with Gasteiger partial charge in [0, 0.05) is 0 Å². The Morgan fingerprint density at radius 2 is 1.45 bits per heavy atom. The standard InChI is InChI=1S/C20H26/c1-20(2,3)19-14-13-16(15-9-5-4-6-10-15)17-11-7-8-12-18(17)19/h7-8,11-15H,4-6,9-10H2,1-3H3. The summed E-state index contributed by atoms with van der Waals surface area (Å²) in [6.07, 6.45) is 6.98. The highest BCUT2D eigenvalue weighted by atomic mass is 14.3. The van der Waals surface area contributed by atoms with Crippen molar-refractivity contribution < 1.29 is 0 Å². The zero-order chi connectivity index (χ0) is 14.2. The van der Waals surface area contributed by atoms with Crippen LogP contribution >= 0.6 is 0 Å². The van der Waals surface area contributed by atoms with Crippen molar-refractivity contribution in [2.75, 3.05) is 0 Å². The molecule has 3 rings (SSSR count). The van der Waals surface area contributed by atoms with Crippen molar-refractivity contribution in [2.24, 2.45) is 0 Å². The Kier molecular flexibility index (Phi) is 3.58. The quantitative estimate of drug-likeness (QED) is 0.577. The summed E-state index contributed by atoms with van der Waals surface area (Å²) in [5.41, 5.74) is 3.28. The summed E-state index contributed by atoms with van der Waals surface area (Å²) >= 11 is 0. The molecule has 1 aliphatic rings. The molecule has 1 aliphatic carbocycles. The number of rotatable bonds is 1. The molecule has 1 saturated carbocycles. The number of fused-ring (bicyclic) bond motifs is 1. The van der Waals surface area contributed by atoms with Crippen molar-refractivity contribution in [3.63, 3.8) is 0 Å². The number of hydrogen-bond donors (Lipinski definition) is 0. The molecule has 0 saturated heterocycles. The van der Waals surface area contributed by atoms with E-state index in [0.717, 1.165) is 5.92 Å². The van der Waals surface area contributed by atoms with Gasteiger partial charge in [-0.25, -0.2) is 0 Å². The smallest absolute Gasteiger partial charge is 0.0126 e. The van der Waals surface area contributed by atoms with Gasteiger partial charge in [-0.15, -0.1) is 0 Å². The predicted octanol–water partition coefficient (Wildman–Crippen LogP) is 6.19. The minimum atomic E-state index is 0.213. The molecule has 2 aromatic carbocycles. The summed E-state index contributed by atoms with van der Waals surface area (Å²) in [6.45, 7) is 6.94. The zero-order valence-electron chi connectivity index (χ0n) is 13.1. The Labute approximate surface area is 123 Å².